The third kappa shape index (κ3) is 4.67. The molecule has 0 saturated carbocycles. The Kier molecular flexibility index (Phi) is 7.29. The van der Waals surface area contributed by atoms with Gasteiger partial charge in [0.05, 0.1) is 39.4 Å². The Morgan fingerprint density at radius 2 is 1.85 bits per heavy atom. The summed E-state index contributed by atoms with van der Waals surface area (Å²) in [6.45, 7) is 4.51. The maximum Gasteiger partial charge on any atom is 0.354 e. The second-order valence-electron chi connectivity index (χ2n) is 8.47. The Balaban J connectivity index is 2.17. The number of amides is 1. The average Bonchev–Trinajstić information content (AvgIpc) is 3.20. The van der Waals surface area contributed by atoms with E-state index in [1.165, 1.54) is 16.9 Å². The number of ether oxygens (including phenoxy) is 1. The molecule has 3 rings (SSSR count). The summed E-state index contributed by atoms with van der Waals surface area (Å²) in [5, 5.41) is 11.9. The van der Waals surface area contributed by atoms with Gasteiger partial charge in [-0.1, -0.05) is 23.7 Å². The maximum atomic E-state index is 13.2. The number of quaternary nitrogens is 1. The number of halogens is 1. The number of aromatic nitrogens is 1. The van der Waals surface area contributed by atoms with Crippen molar-refractivity contribution in [2.45, 2.75) is 26.3 Å². The summed E-state index contributed by atoms with van der Waals surface area (Å²) in [5.41, 5.74) is 2.07. The van der Waals surface area contributed by atoms with E-state index >= 15 is 0 Å². The number of Topliss-reactive ketones (excluding diaryl/α,β-unsaturated/α-hetero) is 1. The van der Waals surface area contributed by atoms with Crippen LogP contribution in [0.2, 0.25) is 5.02 Å². The summed E-state index contributed by atoms with van der Waals surface area (Å²) in [4.78, 5) is 43.9. The van der Waals surface area contributed by atoms with Crippen molar-refractivity contribution >= 4 is 35.0 Å². The quantitative estimate of drug-likeness (QED) is 0.246. The molecule has 1 aromatic heterocycles. The molecule has 1 aliphatic rings. The standard InChI is InChI=1S/C24H28ClN3O5/c1-13-17(14(2)26-19(13)24(32)33-5)21(29)18-20(15-7-9-16(25)10-8-15)28(23(31)22(18)30)12-6-11-27(3)4/h7-10,20,26,29H,6,11-12H2,1-5H3/p+1/t20-/m0/s1. The molecule has 1 aliphatic heterocycles. The first-order valence-electron chi connectivity index (χ1n) is 10.7. The Labute approximate surface area is 197 Å². The van der Waals surface area contributed by atoms with Crippen molar-refractivity contribution in [3.8, 4) is 0 Å². The molecule has 3 N–H and O–H groups in total. The number of carbonyl (C=O) groups is 3. The first-order chi connectivity index (χ1) is 15.6. The molecule has 1 atom stereocenters. The lowest BCUT2D eigenvalue weighted by Crippen LogP contribution is -3.05. The number of aryl methyl sites for hydroxylation is 1. The summed E-state index contributed by atoms with van der Waals surface area (Å²) >= 11 is 6.05. The summed E-state index contributed by atoms with van der Waals surface area (Å²) in [7, 11) is 5.29. The van der Waals surface area contributed by atoms with E-state index in [1.807, 2.05) is 14.1 Å². The number of hydrogen-bond donors (Lipinski definition) is 3. The molecule has 1 fully saturated rings. The summed E-state index contributed by atoms with van der Waals surface area (Å²) in [6, 6.07) is 6.08. The number of nitrogens with one attached hydrogen (secondary N) is 2. The second-order valence-corrected chi connectivity index (χ2v) is 8.91. The second kappa shape index (κ2) is 9.80. The fourth-order valence-electron chi connectivity index (χ4n) is 4.25. The molecular weight excluding hydrogens is 446 g/mol. The number of aliphatic hydroxyl groups is 1. The Hall–Kier alpha value is -3.10. The number of hydrogen-bond acceptors (Lipinski definition) is 5. The number of ketones is 1. The van der Waals surface area contributed by atoms with E-state index in [0.29, 0.717) is 40.4 Å². The molecule has 176 valence electrons. The number of aromatic amines is 1. The molecule has 1 saturated heterocycles. The van der Waals surface area contributed by atoms with Crippen LogP contribution in [0.25, 0.3) is 5.76 Å². The van der Waals surface area contributed by atoms with Crippen molar-refractivity contribution in [1.29, 1.82) is 0 Å². The van der Waals surface area contributed by atoms with Crippen LogP contribution in [0.3, 0.4) is 0 Å². The number of likely N-dealkylation sites (tertiary alicyclic amines) is 1. The van der Waals surface area contributed by atoms with Gasteiger partial charge < -0.3 is 24.6 Å². The minimum Gasteiger partial charge on any atom is -0.507 e. The highest BCUT2D eigenvalue weighted by molar-refractivity contribution is 6.46. The lowest BCUT2D eigenvalue weighted by molar-refractivity contribution is -0.858. The van der Waals surface area contributed by atoms with Crippen LogP contribution >= 0.6 is 11.6 Å². The van der Waals surface area contributed by atoms with E-state index in [4.69, 9.17) is 16.3 Å². The molecule has 2 heterocycles. The van der Waals surface area contributed by atoms with Crippen molar-refractivity contribution in [1.82, 2.24) is 9.88 Å². The Morgan fingerprint density at radius 3 is 2.42 bits per heavy atom. The van der Waals surface area contributed by atoms with Crippen LogP contribution in [0, 0.1) is 13.8 Å². The van der Waals surface area contributed by atoms with Crippen LogP contribution in [-0.4, -0.2) is 66.9 Å². The van der Waals surface area contributed by atoms with Gasteiger partial charge in [0, 0.05) is 29.2 Å². The maximum absolute atomic E-state index is 13.2. The minimum atomic E-state index is -0.769. The summed E-state index contributed by atoms with van der Waals surface area (Å²) in [5.74, 6) is -2.33. The van der Waals surface area contributed by atoms with Gasteiger partial charge in [-0.3, -0.25) is 9.59 Å². The predicted molar refractivity (Wildman–Crippen MR) is 124 cm³/mol. The van der Waals surface area contributed by atoms with Gasteiger partial charge in [-0.05, 0) is 37.1 Å². The largest absolute Gasteiger partial charge is 0.507 e. The number of methoxy groups -OCH3 is 1. The molecule has 0 radical (unpaired) electrons. The van der Waals surface area contributed by atoms with Gasteiger partial charge in [0.15, 0.2) is 0 Å². The van der Waals surface area contributed by atoms with Gasteiger partial charge in [-0.15, -0.1) is 0 Å². The van der Waals surface area contributed by atoms with Gasteiger partial charge in [0.2, 0.25) is 0 Å². The van der Waals surface area contributed by atoms with Gasteiger partial charge in [0.1, 0.15) is 11.5 Å². The molecule has 0 aliphatic carbocycles. The third-order valence-corrected chi connectivity index (χ3v) is 6.12. The Bertz CT molecular complexity index is 1120. The first kappa shape index (κ1) is 24.5. The zero-order chi connectivity index (χ0) is 24.4. The minimum absolute atomic E-state index is 0.0128. The van der Waals surface area contributed by atoms with Crippen LogP contribution in [0.4, 0.5) is 0 Å². The molecule has 1 amide bonds. The zero-order valence-corrected chi connectivity index (χ0v) is 20.2. The summed E-state index contributed by atoms with van der Waals surface area (Å²) < 4.78 is 4.80. The van der Waals surface area contributed by atoms with Crippen molar-refractivity contribution in [3.05, 3.63) is 62.9 Å². The van der Waals surface area contributed by atoms with Gasteiger partial charge >= 0.3 is 5.97 Å². The van der Waals surface area contributed by atoms with Crippen LogP contribution in [0.15, 0.2) is 29.8 Å². The molecule has 0 spiro atoms. The highest BCUT2D eigenvalue weighted by atomic mass is 35.5. The van der Waals surface area contributed by atoms with E-state index < -0.39 is 23.7 Å². The number of benzene rings is 1. The monoisotopic (exact) mass is 474 g/mol. The van der Waals surface area contributed by atoms with Crippen molar-refractivity contribution in [2.75, 3.05) is 34.3 Å². The topological polar surface area (TPSA) is 104 Å². The van der Waals surface area contributed by atoms with Crippen molar-refractivity contribution in [3.63, 3.8) is 0 Å². The van der Waals surface area contributed by atoms with E-state index in [0.717, 1.165) is 6.54 Å². The normalized spacial score (nSPS) is 17.8. The van der Waals surface area contributed by atoms with Gasteiger partial charge in [0.25, 0.3) is 11.7 Å². The first-order valence-corrected chi connectivity index (χ1v) is 11.1. The van der Waals surface area contributed by atoms with Crippen molar-refractivity contribution in [2.24, 2.45) is 0 Å². The fourth-order valence-corrected chi connectivity index (χ4v) is 4.38. The van der Waals surface area contributed by atoms with E-state index in [1.54, 1.807) is 38.1 Å². The number of aliphatic hydroxyl groups excluding tert-OH is 1. The van der Waals surface area contributed by atoms with E-state index in [9.17, 15) is 19.5 Å². The number of esters is 1. The number of H-pyrrole nitrogens is 1. The van der Waals surface area contributed by atoms with Crippen LogP contribution in [0.5, 0.6) is 0 Å². The predicted octanol–water partition coefficient (Wildman–Crippen LogP) is 2.03. The molecule has 33 heavy (non-hydrogen) atoms. The average molecular weight is 475 g/mol. The molecule has 1 aromatic carbocycles. The molecule has 0 bridgehead atoms. The lowest BCUT2D eigenvalue weighted by Gasteiger charge is -2.25. The SMILES string of the molecule is COC(=O)c1[nH]c(C)c(C(O)=C2C(=O)C(=O)N(CCC[NH+](C)C)[C@H]2c2ccc(Cl)cc2)c1C. The summed E-state index contributed by atoms with van der Waals surface area (Å²) in [6.07, 6.45) is 0.689. The fraction of sp³-hybridized carbons (Fsp3) is 0.375. The molecule has 9 heteroatoms. The van der Waals surface area contributed by atoms with Crippen LogP contribution in [0.1, 0.15) is 45.3 Å². The molecular formula is C24H29ClN3O5+. The Morgan fingerprint density at radius 1 is 1.21 bits per heavy atom. The highest BCUT2D eigenvalue weighted by Crippen LogP contribution is 2.41. The van der Waals surface area contributed by atoms with Crippen LogP contribution in [-0.2, 0) is 14.3 Å². The van der Waals surface area contributed by atoms with Gasteiger partial charge in [-0.2, -0.15) is 0 Å². The van der Waals surface area contributed by atoms with E-state index in [-0.39, 0.29) is 17.0 Å². The van der Waals surface area contributed by atoms with E-state index in [2.05, 4.69) is 4.98 Å². The van der Waals surface area contributed by atoms with Gasteiger partial charge in [-0.25, -0.2) is 4.79 Å². The van der Waals surface area contributed by atoms with Crippen LogP contribution < -0.4 is 4.90 Å². The zero-order valence-electron chi connectivity index (χ0n) is 19.4. The molecule has 2 aromatic rings. The number of carbonyl (C=O) groups excluding carboxylic acids is 3. The number of rotatable bonds is 7. The molecule has 0 unspecified atom stereocenters. The highest BCUT2D eigenvalue weighted by Gasteiger charge is 2.46. The van der Waals surface area contributed by atoms with Crippen molar-refractivity contribution < 1.29 is 29.1 Å². The smallest absolute Gasteiger partial charge is 0.354 e. The number of nitrogens with zero attached hydrogens (tertiary/aromatic N) is 1. The lowest BCUT2D eigenvalue weighted by atomic mass is 9.94. The third-order valence-electron chi connectivity index (χ3n) is 5.87. The molecule has 8 nitrogen and oxygen atoms in total.